The van der Waals surface area contributed by atoms with Gasteiger partial charge in [0.05, 0.1) is 6.21 Å². The summed E-state index contributed by atoms with van der Waals surface area (Å²) in [5.74, 6) is 1.01. The van der Waals surface area contributed by atoms with E-state index in [1.165, 1.54) is 0 Å². The molecule has 0 aliphatic heterocycles. The standard InChI is InChI=1S/C27H38N2O3/c1-17(2)20-11-10-18(3)12-23(20)32-16-24(30)29-28-15-19-13-21(26(4,5)6)25(31)22(14-19)27(7,8)9/h10-15,17,31H,16H2,1-9H3,(H,29,30)/b28-15-. The Labute approximate surface area is 192 Å². The second-order valence-corrected chi connectivity index (χ2v) is 10.7. The van der Waals surface area contributed by atoms with Crippen LogP contribution in [0.5, 0.6) is 11.5 Å². The third-order valence-corrected chi connectivity index (χ3v) is 5.30. The average molecular weight is 439 g/mol. The molecule has 0 aliphatic rings. The van der Waals surface area contributed by atoms with Gasteiger partial charge in [-0.05, 0) is 58.6 Å². The number of nitrogens with one attached hydrogen (secondary N) is 1. The van der Waals surface area contributed by atoms with Gasteiger partial charge in [-0.1, -0.05) is 67.5 Å². The minimum absolute atomic E-state index is 0.115. The van der Waals surface area contributed by atoms with Gasteiger partial charge in [0, 0.05) is 11.1 Å². The highest BCUT2D eigenvalue weighted by Crippen LogP contribution is 2.39. The lowest BCUT2D eigenvalue weighted by atomic mass is 9.78. The Morgan fingerprint density at radius 3 is 2.12 bits per heavy atom. The molecule has 174 valence electrons. The van der Waals surface area contributed by atoms with Crippen LogP contribution in [0.25, 0.3) is 0 Å². The summed E-state index contributed by atoms with van der Waals surface area (Å²) in [6.07, 6.45) is 1.61. The molecule has 0 aromatic heterocycles. The molecule has 0 fully saturated rings. The van der Waals surface area contributed by atoms with E-state index in [0.717, 1.165) is 33.6 Å². The average Bonchev–Trinajstić information content (AvgIpc) is 2.65. The molecule has 5 heteroatoms. The molecule has 0 saturated carbocycles. The fourth-order valence-corrected chi connectivity index (χ4v) is 3.47. The molecule has 0 bridgehead atoms. The van der Waals surface area contributed by atoms with E-state index in [9.17, 15) is 9.90 Å². The first kappa shape index (κ1) is 25.4. The first-order valence-corrected chi connectivity index (χ1v) is 11.1. The first-order chi connectivity index (χ1) is 14.7. The van der Waals surface area contributed by atoms with Crippen LogP contribution in [0.4, 0.5) is 0 Å². The molecular formula is C27H38N2O3. The van der Waals surface area contributed by atoms with Crippen molar-refractivity contribution in [3.63, 3.8) is 0 Å². The smallest absolute Gasteiger partial charge is 0.277 e. The fourth-order valence-electron chi connectivity index (χ4n) is 3.47. The van der Waals surface area contributed by atoms with Gasteiger partial charge in [-0.3, -0.25) is 4.79 Å². The Kier molecular flexibility index (Phi) is 7.76. The predicted octanol–water partition coefficient (Wildman–Crippen LogP) is 5.95. The van der Waals surface area contributed by atoms with Crippen molar-refractivity contribution in [3.8, 4) is 11.5 Å². The maximum atomic E-state index is 12.3. The van der Waals surface area contributed by atoms with Gasteiger partial charge < -0.3 is 9.84 Å². The number of ether oxygens (including phenoxy) is 1. The maximum Gasteiger partial charge on any atom is 0.277 e. The fraction of sp³-hybridized carbons (Fsp3) is 0.481. The van der Waals surface area contributed by atoms with Gasteiger partial charge in [-0.2, -0.15) is 5.10 Å². The van der Waals surface area contributed by atoms with Gasteiger partial charge >= 0.3 is 0 Å². The quantitative estimate of drug-likeness (QED) is 0.432. The number of nitrogens with zero attached hydrogens (tertiary/aromatic N) is 1. The minimum Gasteiger partial charge on any atom is -0.507 e. The second kappa shape index (κ2) is 9.76. The van der Waals surface area contributed by atoms with Crippen molar-refractivity contribution in [2.45, 2.75) is 79.1 Å². The molecule has 0 saturated heterocycles. The maximum absolute atomic E-state index is 12.3. The van der Waals surface area contributed by atoms with E-state index in [-0.39, 0.29) is 23.3 Å². The van der Waals surface area contributed by atoms with Crippen molar-refractivity contribution in [1.82, 2.24) is 5.43 Å². The van der Waals surface area contributed by atoms with E-state index in [0.29, 0.717) is 11.7 Å². The van der Waals surface area contributed by atoms with Crippen molar-refractivity contribution < 1.29 is 14.6 Å². The van der Waals surface area contributed by atoms with Crippen LogP contribution < -0.4 is 10.2 Å². The van der Waals surface area contributed by atoms with Gasteiger partial charge in [0.2, 0.25) is 0 Å². The molecular weight excluding hydrogens is 400 g/mol. The number of amides is 1. The molecule has 2 aromatic rings. The van der Waals surface area contributed by atoms with Crippen molar-refractivity contribution in [2.24, 2.45) is 5.10 Å². The largest absolute Gasteiger partial charge is 0.507 e. The summed E-state index contributed by atoms with van der Waals surface area (Å²) < 4.78 is 5.77. The number of carbonyl (C=O) groups is 1. The Hall–Kier alpha value is -2.82. The molecule has 2 N–H and O–H groups in total. The van der Waals surface area contributed by atoms with E-state index in [1.54, 1.807) is 6.21 Å². The summed E-state index contributed by atoms with van der Waals surface area (Å²) in [5, 5.41) is 14.9. The molecule has 0 aliphatic carbocycles. The zero-order valence-electron chi connectivity index (χ0n) is 21.0. The normalized spacial score (nSPS) is 12.4. The minimum atomic E-state index is -0.330. The van der Waals surface area contributed by atoms with Crippen molar-refractivity contribution in [1.29, 1.82) is 0 Å². The molecule has 2 rings (SSSR count). The monoisotopic (exact) mass is 438 g/mol. The molecule has 5 nitrogen and oxygen atoms in total. The molecule has 0 heterocycles. The third-order valence-electron chi connectivity index (χ3n) is 5.30. The number of aryl methyl sites for hydroxylation is 1. The van der Waals surface area contributed by atoms with Crippen LogP contribution in [0.3, 0.4) is 0 Å². The first-order valence-electron chi connectivity index (χ1n) is 11.1. The number of hydrazone groups is 1. The number of aromatic hydroxyl groups is 1. The topological polar surface area (TPSA) is 70.9 Å². The summed E-state index contributed by atoms with van der Waals surface area (Å²) in [5.41, 5.74) is 6.75. The third kappa shape index (κ3) is 6.59. The van der Waals surface area contributed by atoms with Crippen LogP contribution >= 0.6 is 0 Å². The predicted molar refractivity (Wildman–Crippen MR) is 132 cm³/mol. The number of rotatable bonds is 6. The Morgan fingerprint density at radius 2 is 1.62 bits per heavy atom. The number of benzene rings is 2. The molecule has 0 spiro atoms. The molecule has 0 unspecified atom stereocenters. The number of hydrogen-bond acceptors (Lipinski definition) is 4. The Bertz CT molecular complexity index is 958. The van der Waals surface area contributed by atoms with Crippen molar-refractivity contribution in [2.75, 3.05) is 6.61 Å². The van der Waals surface area contributed by atoms with Crippen LogP contribution in [-0.2, 0) is 15.6 Å². The lowest BCUT2D eigenvalue weighted by Crippen LogP contribution is -2.25. The molecule has 0 atom stereocenters. The van der Waals surface area contributed by atoms with Crippen molar-refractivity contribution in [3.05, 3.63) is 58.1 Å². The molecule has 1 amide bonds. The lowest BCUT2D eigenvalue weighted by Gasteiger charge is -2.27. The van der Waals surface area contributed by atoms with Gasteiger partial charge in [0.25, 0.3) is 5.91 Å². The molecule has 32 heavy (non-hydrogen) atoms. The van der Waals surface area contributed by atoms with E-state index in [2.05, 4.69) is 65.9 Å². The summed E-state index contributed by atoms with van der Waals surface area (Å²) >= 11 is 0. The summed E-state index contributed by atoms with van der Waals surface area (Å²) in [7, 11) is 0. The van der Waals surface area contributed by atoms with Gasteiger partial charge in [0.1, 0.15) is 11.5 Å². The highest BCUT2D eigenvalue weighted by atomic mass is 16.5. The zero-order valence-corrected chi connectivity index (χ0v) is 21.0. The van der Waals surface area contributed by atoms with Gasteiger partial charge in [-0.25, -0.2) is 5.43 Å². The highest BCUT2D eigenvalue weighted by Gasteiger charge is 2.26. The number of hydrogen-bond donors (Lipinski definition) is 2. The van der Waals surface area contributed by atoms with Crippen LogP contribution in [-0.4, -0.2) is 23.8 Å². The van der Waals surface area contributed by atoms with Crippen molar-refractivity contribution >= 4 is 12.1 Å². The van der Waals surface area contributed by atoms with Crippen LogP contribution in [0.1, 0.15) is 89.1 Å². The number of phenolic OH excluding ortho intramolecular Hbond substituents is 1. The zero-order chi connectivity index (χ0) is 24.3. The number of phenols is 1. The van der Waals surface area contributed by atoms with E-state index in [1.807, 2.05) is 37.3 Å². The Balaban J connectivity index is 2.14. The highest BCUT2D eigenvalue weighted by molar-refractivity contribution is 5.84. The van der Waals surface area contributed by atoms with E-state index in [4.69, 9.17) is 4.74 Å². The van der Waals surface area contributed by atoms with E-state index >= 15 is 0 Å². The van der Waals surface area contributed by atoms with Crippen LogP contribution in [0, 0.1) is 6.92 Å². The SMILES string of the molecule is Cc1ccc(C(C)C)c(OCC(=O)N/N=C\c2cc(C(C)(C)C)c(O)c(C(C)(C)C)c2)c1. The van der Waals surface area contributed by atoms with Gasteiger partial charge in [0.15, 0.2) is 6.61 Å². The number of carbonyl (C=O) groups excluding carboxylic acids is 1. The molecule has 0 radical (unpaired) electrons. The van der Waals surface area contributed by atoms with Crippen LogP contribution in [0.15, 0.2) is 35.4 Å². The summed E-state index contributed by atoms with van der Waals surface area (Å²) in [6.45, 7) is 18.4. The van der Waals surface area contributed by atoms with E-state index < -0.39 is 0 Å². The van der Waals surface area contributed by atoms with Gasteiger partial charge in [-0.15, -0.1) is 0 Å². The molecule has 2 aromatic carbocycles. The van der Waals surface area contributed by atoms with Crippen LogP contribution in [0.2, 0.25) is 0 Å². The second-order valence-electron chi connectivity index (χ2n) is 10.7. The Morgan fingerprint density at radius 1 is 1.06 bits per heavy atom. The summed E-state index contributed by atoms with van der Waals surface area (Å²) in [6, 6.07) is 9.86. The summed E-state index contributed by atoms with van der Waals surface area (Å²) in [4.78, 5) is 12.3. The lowest BCUT2D eigenvalue weighted by molar-refractivity contribution is -0.123.